The Morgan fingerprint density at radius 3 is 2.82 bits per heavy atom. The molecule has 3 nitrogen and oxygen atoms in total. The molecular formula is C13H18BrNO2. The Morgan fingerprint density at radius 1 is 1.47 bits per heavy atom. The van der Waals surface area contributed by atoms with Gasteiger partial charge in [0.25, 0.3) is 0 Å². The normalized spacial score (nSPS) is 10.6. The van der Waals surface area contributed by atoms with Gasteiger partial charge in [-0.3, -0.25) is 4.79 Å². The summed E-state index contributed by atoms with van der Waals surface area (Å²) < 4.78 is 5.70. The van der Waals surface area contributed by atoms with Crippen molar-refractivity contribution in [2.24, 2.45) is 0 Å². The standard InChI is InChI=1S/C13H18BrNO2/c1-10-4-5-12(14)8-11(10)9-15(2)7-6-13(16)17-3/h4-5,8H,6-7,9H2,1-3H3. The molecule has 0 fully saturated rings. The first-order valence-electron chi connectivity index (χ1n) is 5.53. The summed E-state index contributed by atoms with van der Waals surface area (Å²) in [6.07, 6.45) is 0.431. The molecule has 0 saturated carbocycles. The minimum atomic E-state index is -0.164. The van der Waals surface area contributed by atoms with Crippen molar-refractivity contribution in [2.75, 3.05) is 20.7 Å². The summed E-state index contributed by atoms with van der Waals surface area (Å²) in [5, 5.41) is 0. The molecule has 0 aliphatic rings. The first kappa shape index (κ1) is 14.2. The summed E-state index contributed by atoms with van der Waals surface area (Å²) >= 11 is 3.47. The predicted octanol–water partition coefficient (Wildman–Crippen LogP) is 2.75. The molecule has 0 unspecified atom stereocenters. The highest BCUT2D eigenvalue weighted by Gasteiger charge is 2.06. The zero-order valence-electron chi connectivity index (χ0n) is 10.5. The quantitative estimate of drug-likeness (QED) is 0.783. The van der Waals surface area contributed by atoms with Crippen LogP contribution in [0.4, 0.5) is 0 Å². The van der Waals surface area contributed by atoms with Crippen molar-refractivity contribution >= 4 is 21.9 Å². The maximum Gasteiger partial charge on any atom is 0.306 e. The molecule has 94 valence electrons. The van der Waals surface area contributed by atoms with Gasteiger partial charge in [-0.1, -0.05) is 22.0 Å². The average Bonchev–Trinajstić information content (AvgIpc) is 2.30. The van der Waals surface area contributed by atoms with Gasteiger partial charge in [-0.05, 0) is 37.2 Å². The van der Waals surface area contributed by atoms with Gasteiger partial charge < -0.3 is 9.64 Å². The van der Waals surface area contributed by atoms with E-state index in [1.54, 1.807) is 0 Å². The molecule has 0 aromatic heterocycles. The summed E-state index contributed by atoms with van der Waals surface area (Å²) in [6, 6.07) is 6.24. The molecule has 0 spiro atoms. The van der Waals surface area contributed by atoms with E-state index in [4.69, 9.17) is 0 Å². The number of methoxy groups -OCH3 is 1. The number of halogens is 1. The Labute approximate surface area is 111 Å². The van der Waals surface area contributed by atoms with E-state index < -0.39 is 0 Å². The molecule has 17 heavy (non-hydrogen) atoms. The molecule has 0 heterocycles. The number of rotatable bonds is 5. The molecule has 0 atom stereocenters. The summed E-state index contributed by atoms with van der Waals surface area (Å²) in [4.78, 5) is 13.2. The van der Waals surface area contributed by atoms with Gasteiger partial charge in [-0.2, -0.15) is 0 Å². The number of carbonyl (C=O) groups excluding carboxylic acids is 1. The molecule has 0 saturated heterocycles. The Morgan fingerprint density at radius 2 is 2.18 bits per heavy atom. The van der Waals surface area contributed by atoms with Crippen LogP contribution in [0.5, 0.6) is 0 Å². The van der Waals surface area contributed by atoms with Crippen molar-refractivity contribution in [3.8, 4) is 0 Å². The van der Waals surface area contributed by atoms with Crippen molar-refractivity contribution in [2.45, 2.75) is 19.9 Å². The minimum absolute atomic E-state index is 0.164. The lowest BCUT2D eigenvalue weighted by molar-refractivity contribution is -0.140. The second-order valence-corrected chi connectivity index (χ2v) is 5.05. The summed E-state index contributed by atoms with van der Waals surface area (Å²) in [5.74, 6) is -0.164. The van der Waals surface area contributed by atoms with Gasteiger partial charge in [0.1, 0.15) is 0 Å². The zero-order chi connectivity index (χ0) is 12.8. The SMILES string of the molecule is COC(=O)CCN(C)Cc1cc(Br)ccc1C. The number of hydrogen-bond donors (Lipinski definition) is 0. The summed E-state index contributed by atoms with van der Waals surface area (Å²) in [6.45, 7) is 3.64. The van der Waals surface area contributed by atoms with Crippen LogP contribution in [-0.2, 0) is 16.1 Å². The topological polar surface area (TPSA) is 29.5 Å². The zero-order valence-corrected chi connectivity index (χ0v) is 12.1. The molecule has 0 aliphatic heterocycles. The van der Waals surface area contributed by atoms with Gasteiger partial charge in [0.15, 0.2) is 0 Å². The molecule has 0 radical (unpaired) electrons. The molecule has 1 aromatic carbocycles. The maximum absolute atomic E-state index is 11.0. The van der Waals surface area contributed by atoms with E-state index in [0.29, 0.717) is 13.0 Å². The van der Waals surface area contributed by atoms with Crippen LogP contribution in [-0.4, -0.2) is 31.6 Å². The van der Waals surface area contributed by atoms with Crippen LogP contribution in [0.1, 0.15) is 17.5 Å². The Balaban J connectivity index is 2.52. The first-order valence-corrected chi connectivity index (χ1v) is 6.32. The molecule has 0 amide bonds. The lowest BCUT2D eigenvalue weighted by Crippen LogP contribution is -2.22. The van der Waals surface area contributed by atoms with E-state index >= 15 is 0 Å². The van der Waals surface area contributed by atoms with E-state index in [1.165, 1.54) is 18.2 Å². The summed E-state index contributed by atoms with van der Waals surface area (Å²) in [7, 11) is 3.42. The third-order valence-corrected chi connectivity index (χ3v) is 3.17. The van der Waals surface area contributed by atoms with Crippen LogP contribution >= 0.6 is 15.9 Å². The fourth-order valence-corrected chi connectivity index (χ4v) is 1.97. The number of nitrogens with zero attached hydrogens (tertiary/aromatic N) is 1. The van der Waals surface area contributed by atoms with E-state index in [-0.39, 0.29) is 5.97 Å². The second kappa shape index (κ2) is 6.77. The third-order valence-electron chi connectivity index (χ3n) is 2.68. The number of esters is 1. The average molecular weight is 300 g/mol. The van der Waals surface area contributed by atoms with Crippen LogP contribution < -0.4 is 0 Å². The minimum Gasteiger partial charge on any atom is -0.469 e. The number of ether oxygens (including phenoxy) is 1. The first-order chi connectivity index (χ1) is 8.02. The van der Waals surface area contributed by atoms with Gasteiger partial charge >= 0.3 is 5.97 Å². The van der Waals surface area contributed by atoms with Crippen molar-refractivity contribution in [3.63, 3.8) is 0 Å². The molecule has 0 aliphatic carbocycles. The van der Waals surface area contributed by atoms with Crippen molar-refractivity contribution in [3.05, 3.63) is 33.8 Å². The van der Waals surface area contributed by atoms with Crippen LogP contribution in [0.2, 0.25) is 0 Å². The van der Waals surface area contributed by atoms with Crippen molar-refractivity contribution in [1.82, 2.24) is 4.90 Å². The van der Waals surface area contributed by atoms with E-state index in [9.17, 15) is 4.79 Å². The molecule has 4 heteroatoms. The molecular weight excluding hydrogens is 282 g/mol. The maximum atomic E-state index is 11.0. The fraction of sp³-hybridized carbons (Fsp3) is 0.462. The van der Waals surface area contributed by atoms with Gasteiger partial charge in [-0.15, -0.1) is 0 Å². The van der Waals surface area contributed by atoms with Gasteiger partial charge in [0, 0.05) is 17.6 Å². The summed E-state index contributed by atoms with van der Waals surface area (Å²) in [5.41, 5.74) is 2.53. The Hall–Kier alpha value is -0.870. The Kier molecular flexibility index (Phi) is 5.65. The van der Waals surface area contributed by atoms with Gasteiger partial charge in [0.05, 0.1) is 13.5 Å². The Bertz CT molecular complexity index is 393. The van der Waals surface area contributed by atoms with Gasteiger partial charge in [0.2, 0.25) is 0 Å². The lowest BCUT2D eigenvalue weighted by Gasteiger charge is -2.17. The van der Waals surface area contributed by atoms with E-state index in [2.05, 4.69) is 44.6 Å². The monoisotopic (exact) mass is 299 g/mol. The predicted molar refractivity (Wildman–Crippen MR) is 71.8 cm³/mol. The number of aryl methyl sites for hydroxylation is 1. The van der Waals surface area contributed by atoms with Crippen LogP contribution in [0, 0.1) is 6.92 Å². The van der Waals surface area contributed by atoms with Crippen molar-refractivity contribution in [1.29, 1.82) is 0 Å². The highest BCUT2D eigenvalue weighted by atomic mass is 79.9. The highest BCUT2D eigenvalue weighted by molar-refractivity contribution is 9.10. The van der Waals surface area contributed by atoms with E-state index in [0.717, 1.165) is 11.0 Å². The smallest absolute Gasteiger partial charge is 0.306 e. The van der Waals surface area contributed by atoms with E-state index in [1.807, 2.05) is 13.1 Å². The van der Waals surface area contributed by atoms with Crippen LogP contribution in [0.25, 0.3) is 0 Å². The fourth-order valence-electron chi connectivity index (χ4n) is 1.56. The van der Waals surface area contributed by atoms with Gasteiger partial charge in [-0.25, -0.2) is 0 Å². The third kappa shape index (κ3) is 4.88. The second-order valence-electron chi connectivity index (χ2n) is 4.13. The lowest BCUT2D eigenvalue weighted by atomic mass is 10.1. The highest BCUT2D eigenvalue weighted by Crippen LogP contribution is 2.17. The number of benzene rings is 1. The van der Waals surface area contributed by atoms with Crippen LogP contribution in [0.3, 0.4) is 0 Å². The van der Waals surface area contributed by atoms with Crippen molar-refractivity contribution < 1.29 is 9.53 Å². The number of carbonyl (C=O) groups is 1. The number of hydrogen-bond acceptors (Lipinski definition) is 3. The molecule has 0 N–H and O–H groups in total. The largest absolute Gasteiger partial charge is 0.469 e. The van der Waals surface area contributed by atoms with Crippen LogP contribution in [0.15, 0.2) is 22.7 Å². The molecule has 1 aromatic rings. The molecule has 0 bridgehead atoms. The molecule has 1 rings (SSSR count).